The SMILES string of the molecule is CC(=O)NC1CCN(CCOc2ccc(CN)cc2)CC1. The van der Waals surface area contributed by atoms with Crippen LogP contribution >= 0.6 is 0 Å². The molecule has 0 spiro atoms. The van der Waals surface area contributed by atoms with Crippen molar-refractivity contribution in [2.75, 3.05) is 26.2 Å². The Bertz CT molecular complexity index is 439. The van der Waals surface area contributed by atoms with E-state index in [1.54, 1.807) is 6.92 Å². The number of nitrogens with zero attached hydrogens (tertiary/aromatic N) is 1. The lowest BCUT2D eigenvalue weighted by Gasteiger charge is -2.31. The molecule has 5 nitrogen and oxygen atoms in total. The van der Waals surface area contributed by atoms with Gasteiger partial charge in [-0.1, -0.05) is 12.1 Å². The van der Waals surface area contributed by atoms with E-state index < -0.39 is 0 Å². The largest absolute Gasteiger partial charge is 0.492 e. The van der Waals surface area contributed by atoms with E-state index in [9.17, 15) is 4.79 Å². The van der Waals surface area contributed by atoms with Crippen LogP contribution in [0, 0.1) is 0 Å². The fourth-order valence-electron chi connectivity index (χ4n) is 2.60. The molecule has 0 aromatic heterocycles. The Hall–Kier alpha value is -1.59. The number of amides is 1. The first-order valence-electron chi connectivity index (χ1n) is 7.58. The van der Waals surface area contributed by atoms with Gasteiger partial charge < -0.3 is 15.8 Å². The third-order valence-corrected chi connectivity index (χ3v) is 3.83. The molecule has 1 aromatic carbocycles. The van der Waals surface area contributed by atoms with Gasteiger partial charge in [-0.05, 0) is 30.5 Å². The quantitative estimate of drug-likeness (QED) is 0.824. The number of rotatable bonds is 6. The highest BCUT2D eigenvalue weighted by molar-refractivity contribution is 5.73. The minimum absolute atomic E-state index is 0.0673. The smallest absolute Gasteiger partial charge is 0.217 e. The Morgan fingerprint density at radius 2 is 2.00 bits per heavy atom. The number of likely N-dealkylation sites (tertiary alicyclic amines) is 1. The molecule has 0 unspecified atom stereocenters. The Balaban J connectivity index is 1.64. The summed E-state index contributed by atoms with van der Waals surface area (Å²) in [5.74, 6) is 0.957. The maximum atomic E-state index is 11.0. The van der Waals surface area contributed by atoms with Gasteiger partial charge >= 0.3 is 0 Å². The molecule has 116 valence electrons. The third-order valence-electron chi connectivity index (χ3n) is 3.83. The molecule has 0 radical (unpaired) electrons. The summed E-state index contributed by atoms with van der Waals surface area (Å²) in [7, 11) is 0. The van der Waals surface area contributed by atoms with Crippen LogP contribution in [0.25, 0.3) is 0 Å². The van der Waals surface area contributed by atoms with E-state index >= 15 is 0 Å². The Morgan fingerprint density at radius 3 is 2.57 bits per heavy atom. The fourth-order valence-corrected chi connectivity index (χ4v) is 2.60. The van der Waals surface area contributed by atoms with E-state index in [1.807, 2.05) is 24.3 Å². The van der Waals surface area contributed by atoms with Crippen LogP contribution in [0.2, 0.25) is 0 Å². The predicted molar refractivity (Wildman–Crippen MR) is 83.1 cm³/mol. The summed E-state index contributed by atoms with van der Waals surface area (Å²) in [6.45, 7) is 5.78. The number of carbonyl (C=O) groups excluding carboxylic acids is 1. The zero-order chi connectivity index (χ0) is 15.1. The number of benzene rings is 1. The highest BCUT2D eigenvalue weighted by atomic mass is 16.5. The first-order valence-corrected chi connectivity index (χ1v) is 7.58. The van der Waals surface area contributed by atoms with Crippen LogP contribution < -0.4 is 15.8 Å². The highest BCUT2D eigenvalue weighted by Gasteiger charge is 2.19. The van der Waals surface area contributed by atoms with Gasteiger partial charge in [-0.2, -0.15) is 0 Å². The molecule has 1 heterocycles. The molecule has 21 heavy (non-hydrogen) atoms. The van der Waals surface area contributed by atoms with Gasteiger partial charge in [0.1, 0.15) is 12.4 Å². The Labute approximate surface area is 126 Å². The molecule has 0 atom stereocenters. The molecule has 1 aliphatic rings. The van der Waals surface area contributed by atoms with E-state index in [0.29, 0.717) is 19.2 Å². The molecule has 1 aliphatic heterocycles. The minimum atomic E-state index is 0.0673. The molecule has 5 heteroatoms. The molecule has 0 saturated carbocycles. The molecule has 1 amide bonds. The van der Waals surface area contributed by atoms with Gasteiger partial charge in [0.25, 0.3) is 0 Å². The lowest BCUT2D eigenvalue weighted by atomic mass is 10.1. The molecule has 1 saturated heterocycles. The van der Waals surface area contributed by atoms with Crippen molar-refractivity contribution in [3.8, 4) is 5.75 Å². The second kappa shape index (κ2) is 8.00. The highest BCUT2D eigenvalue weighted by Crippen LogP contribution is 2.13. The van der Waals surface area contributed by atoms with Crippen molar-refractivity contribution in [2.45, 2.75) is 32.4 Å². The molecule has 2 rings (SSSR count). The fraction of sp³-hybridized carbons (Fsp3) is 0.562. The molecule has 0 aliphatic carbocycles. The summed E-state index contributed by atoms with van der Waals surface area (Å²) < 4.78 is 5.75. The first-order chi connectivity index (χ1) is 10.2. The molecular weight excluding hydrogens is 266 g/mol. The summed E-state index contributed by atoms with van der Waals surface area (Å²) >= 11 is 0. The predicted octanol–water partition coefficient (Wildman–Crippen LogP) is 1.12. The lowest BCUT2D eigenvalue weighted by molar-refractivity contribution is -0.119. The number of piperidine rings is 1. The first kappa shape index (κ1) is 15.8. The molecule has 1 fully saturated rings. The second-order valence-corrected chi connectivity index (χ2v) is 5.51. The molecule has 3 N–H and O–H groups in total. The van der Waals surface area contributed by atoms with E-state index in [2.05, 4.69) is 10.2 Å². The van der Waals surface area contributed by atoms with Gasteiger partial charge in [0, 0.05) is 39.1 Å². The molecular formula is C16H25N3O2. The maximum Gasteiger partial charge on any atom is 0.217 e. The van der Waals surface area contributed by atoms with Gasteiger partial charge in [0.15, 0.2) is 0 Å². The van der Waals surface area contributed by atoms with Gasteiger partial charge in [-0.15, -0.1) is 0 Å². The maximum absolute atomic E-state index is 11.0. The number of ether oxygens (including phenoxy) is 1. The number of hydrogen-bond donors (Lipinski definition) is 2. The van der Waals surface area contributed by atoms with E-state index in [-0.39, 0.29) is 5.91 Å². The second-order valence-electron chi connectivity index (χ2n) is 5.51. The number of nitrogens with one attached hydrogen (secondary N) is 1. The van der Waals surface area contributed by atoms with Crippen molar-refractivity contribution >= 4 is 5.91 Å². The van der Waals surface area contributed by atoms with Crippen LogP contribution in [0.4, 0.5) is 0 Å². The summed E-state index contributed by atoms with van der Waals surface area (Å²) in [5.41, 5.74) is 6.68. The minimum Gasteiger partial charge on any atom is -0.492 e. The van der Waals surface area contributed by atoms with Gasteiger partial charge in [0.05, 0.1) is 0 Å². The Morgan fingerprint density at radius 1 is 1.33 bits per heavy atom. The monoisotopic (exact) mass is 291 g/mol. The number of hydrogen-bond acceptors (Lipinski definition) is 4. The normalized spacial score (nSPS) is 16.7. The van der Waals surface area contributed by atoms with E-state index in [0.717, 1.165) is 43.8 Å². The molecule has 0 bridgehead atoms. The summed E-state index contributed by atoms with van der Waals surface area (Å²) in [5, 5.41) is 2.99. The van der Waals surface area contributed by atoms with Crippen LogP contribution in [0.5, 0.6) is 5.75 Å². The van der Waals surface area contributed by atoms with Crippen molar-refractivity contribution in [3.63, 3.8) is 0 Å². The van der Waals surface area contributed by atoms with Crippen molar-refractivity contribution in [3.05, 3.63) is 29.8 Å². The van der Waals surface area contributed by atoms with E-state index in [4.69, 9.17) is 10.5 Å². The van der Waals surface area contributed by atoms with Crippen LogP contribution in [0.1, 0.15) is 25.3 Å². The summed E-state index contributed by atoms with van der Waals surface area (Å²) in [4.78, 5) is 13.4. The average molecular weight is 291 g/mol. The van der Waals surface area contributed by atoms with Crippen molar-refractivity contribution in [1.29, 1.82) is 0 Å². The average Bonchev–Trinajstić information content (AvgIpc) is 2.49. The zero-order valence-electron chi connectivity index (χ0n) is 12.7. The van der Waals surface area contributed by atoms with E-state index in [1.165, 1.54) is 0 Å². The number of nitrogens with two attached hydrogens (primary N) is 1. The summed E-state index contributed by atoms with van der Waals surface area (Å²) in [6, 6.07) is 8.25. The Kier molecular flexibility index (Phi) is 6.02. The lowest BCUT2D eigenvalue weighted by Crippen LogP contribution is -2.45. The van der Waals surface area contributed by atoms with Gasteiger partial charge in [0.2, 0.25) is 5.91 Å². The number of carbonyl (C=O) groups is 1. The summed E-state index contributed by atoms with van der Waals surface area (Å²) in [6.07, 6.45) is 2.04. The van der Waals surface area contributed by atoms with Crippen molar-refractivity contribution in [2.24, 2.45) is 5.73 Å². The van der Waals surface area contributed by atoms with Crippen molar-refractivity contribution in [1.82, 2.24) is 10.2 Å². The van der Waals surface area contributed by atoms with Gasteiger partial charge in [-0.3, -0.25) is 9.69 Å². The van der Waals surface area contributed by atoms with Gasteiger partial charge in [-0.25, -0.2) is 0 Å². The third kappa shape index (κ3) is 5.36. The van der Waals surface area contributed by atoms with Crippen LogP contribution in [0.3, 0.4) is 0 Å². The topological polar surface area (TPSA) is 67.6 Å². The van der Waals surface area contributed by atoms with Crippen LogP contribution in [-0.4, -0.2) is 43.1 Å². The standard InChI is InChI=1S/C16H25N3O2/c1-13(20)18-15-6-8-19(9-7-15)10-11-21-16-4-2-14(12-17)3-5-16/h2-5,15H,6-12,17H2,1H3,(H,18,20). The zero-order valence-corrected chi connectivity index (χ0v) is 12.7. The van der Waals surface area contributed by atoms with Crippen molar-refractivity contribution < 1.29 is 9.53 Å². The van der Waals surface area contributed by atoms with Crippen LogP contribution in [0.15, 0.2) is 24.3 Å². The molecule has 1 aromatic rings. The van der Waals surface area contributed by atoms with Crippen LogP contribution in [-0.2, 0) is 11.3 Å².